The predicted molar refractivity (Wildman–Crippen MR) is 85.7 cm³/mol. The minimum atomic E-state index is -0.450. The summed E-state index contributed by atoms with van der Waals surface area (Å²) in [5, 5.41) is 7.45. The number of esters is 1. The van der Waals surface area contributed by atoms with Crippen molar-refractivity contribution in [1.82, 2.24) is 9.78 Å². The summed E-state index contributed by atoms with van der Waals surface area (Å²) in [7, 11) is 1.33. The van der Waals surface area contributed by atoms with Crippen LogP contribution in [0.3, 0.4) is 0 Å². The summed E-state index contributed by atoms with van der Waals surface area (Å²) < 4.78 is 6.44. The zero-order valence-electron chi connectivity index (χ0n) is 13.3. The lowest BCUT2D eigenvalue weighted by Crippen LogP contribution is -2.19. The second kappa shape index (κ2) is 6.31. The predicted octanol–water partition coefficient (Wildman–Crippen LogP) is 3.18. The van der Waals surface area contributed by atoms with Crippen molar-refractivity contribution < 1.29 is 14.3 Å². The van der Waals surface area contributed by atoms with Crippen molar-refractivity contribution in [3.05, 3.63) is 34.0 Å². The maximum Gasteiger partial charge on any atom is 0.341 e. The van der Waals surface area contributed by atoms with Gasteiger partial charge in [0.15, 0.2) is 0 Å². The Labute approximate surface area is 133 Å². The summed E-state index contributed by atoms with van der Waals surface area (Å²) in [6.07, 6.45) is 1.58. The van der Waals surface area contributed by atoms with Crippen LogP contribution in [0.25, 0.3) is 0 Å². The molecule has 0 aliphatic heterocycles. The van der Waals surface area contributed by atoms with Crippen LogP contribution in [-0.4, -0.2) is 28.8 Å². The summed E-state index contributed by atoms with van der Waals surface area (Å²) in [4.78, 5) is 25.4. The van der Waals surface area contributed by atoms with E-state index in [2.05, 4.69) is 10.4 Å². The molecule has 7 heteroatoms. The molecule has 0 bridgehead atoms. The van der Waals surface area contributed by atoms with Gasteiger partial charge in [-0.25, -0.2) is 4.79 Å². The minimum absolute atomic E-state index is 0.0719. The average molecular weight is 321 g/mol. The van der Waals surface area contributed by atoms with Gasteiger partial charge in [0.1, 0.15) is 10.7 Å². The zero-order valence-corrected chi connectivity index (χ0v) is 14.1. The van der Waals surface area contributed by atoms with E-state index in [0.717, 1.165) is 10.4 Å². The number of anilines is 1. The first-order chi connectivity index (χ1) is 10.4. The second-order valence-corrected chi connectivity index (χ2v) is 6.41. The number of hydrogen-bond acceptors (Lipinski definition) is 5. The number of thiophene rings is 1. The Morgan fingerprint density at radius 2 is 2.05 bits per heavy atom. The van der Waals surface area contributed by atoms with Gasteiger partial charge in [0.25, 0.3) is 5.91 Å². The van der Waals surface area contributed by atoms with E-state index in [1.54, 1.807) is 16.9 Å². The van der Waals surface area contributed by atoms with E-state index < -0.39 is 5.97 Å². The van der Waals surface area contributed by atoms with Gasteiger partial charge in [0.2, 0.25) is 0 Å². The first-order valence-corrected chi connectivity index (χ1v) is 7.71. The Morgan fingerprint density at radius 1 is 1.36 bits per heavy atom. The molecule has 118 valence electrons. The maximum absolute atomic E-state index is 12.5. The van der Waals surface area contributed by atoms with Gasteiger partial charge in [-0.05, 0) is 39.3 Å². The van der Waals surface area contributed by atoms with E-state index in [1.165, 1.54) is 18.4 Å². The molecule has 2 rings (SSSR count). The summed E-state index contributed by atoms with van der Waals surface area (Å²) in [6.45, 7) is 7.64. The van der Waals surface area contributed by atoms with Gasteiger partial charge < -0.3 is 10.1 Å². The van der Waals surface area contributed by atoms with Crippen LogP contribution in [0.5, 0.6) is 0 Å². The molecule has 2 aromatic heterocycles. The Bertz CT molecular complexity index is 716. The largest absolute Gasteiger partial charge is 0.465 e. The van der Waals surface area contributed by atoms with Crippen LogP contribution < -0.4 is 5.32 Å². The van der Waals surface area contributed by atoms with Crippen LogP contribution in [0.4, 0.5) is 5.00 Å². The van der Waals surface area contributed by atoms with E-state index in [9.17, 15) is 9.59 Å². The molecule has 2 aromatic rings. The lowest BCUT2D eigenvalue weighted by atomic mass is 10.1. The Morgan fingerprint density at radius 3 is 2.64 bits per heavy atom. The lowest BCUT2D eigenvalue weighted by Gasteiger charge is -2.11. The van der Waals surface area contributed by atoms with Crippen LogP contribution >= 0.6 is 11.3 Å². The number of rotatable bonds is 4. The van der Waals surface area contributed by atoms with Crippen LogP contribution in [0, 0.1) is 13.8 Å². The van der Waals surface area contributed by atoms with Crippen LogP contribution in [0.1, 0.15) is 51.2 Å². The van der Waals surface area contributed by atoms with E-state index in [4.69, 9.17) is 4.74 Å². The highest BCUT2D eigenvalue weighted by Crippen LogP contribution is 2.33. The Hall–Kier alpha value is -2.15. The number of amides is 1. The number of hydrogen-bond donors (Lipinski definition) is 1. The number of carbonyl (C=O) groups excluding carboxylic acids is 2. The van der Waals surface area contributed by atoms with Crippen LogP contribution in [0.2, 0.25) is 0 Å². The third-order valence-electron chi connectivity index (χ3n) is 3.39. The van der Waals surface area contributed by atoms with Crippen molar-refractivity contribution >= 4 is 28.2 Å². The van der Waals surface area contributed by atoms with Crippen LogP contribution in [-0.2, 0) is 4.74 Å². The molecule has 0 saturated heterocycles. The maximum atomic E-state index is 12.5. The number of methoxy groups -OCH3 is 1. The molecule has 0 aliphatic rings. The molecule has 0 aromatic carbocycles. The zero-order chi connectivity index (χ0) is 16.4. The third kappa shape index (κ3) is 2.89. The molecule has 1 N–H and O–H groups in total. The Kier molecular flexibility index (Phi) is 4.65. The smallest absolute Gasteiger partial charge is 0.341 e. The topological polar surface area (TPSA) is 73.2 Å². The molecule has 2 heterocycles. The highest BCUT2D eigenvalue weighted by atomic mass is 32.1. The first kappa shape index (κ1) is 16.2. The van der Waals surface area contributed by atoms with Gasteiger partial charge in [-0.15, -0.1) is 11.3 Å². The molecule has 0 spiro atoms. The first-order valence-electron chi connectivity index (χ1n) is 6.90. The fourth-order valence-electron chi connectivity index (χ4n) is 2.14. The van der Waals surface area contributed by atoms with E-state index in [1.807, 2.05) is 27.7 Å². The fourth-order valence-corrected chi connectivity index (χ4v) is 3.18. The molecule has 0 unspecified atom stereocenters. The van der Waals surface area contributed by atoms with Crippen molar-refractivity contribution in [2.24, 2.45) is 0 Å². The van der Waals surface area contributed by atoms with Gasteiger partial charge in [-0.3, -0.25) is 9.48 Å². The molecular formula is C15H19N3O3S. The lowest BCUT2D eigenvalue weighted by molar-refractivity contribution is 0.0601. The monoisotopic (exact) mass is 321 g/mol. The number of aromatic nitrogens is 2. The highest BCUT2D eigenvalue weighted by Gasteiger charge is 2.23. The van der Waals surface area contributed by atoms with Gasteiger partial charge >= 0.3 is 5.97 Å². The molecule has 0 aliphatic carbocycles. The summed E-state index contributed by atoms with van der Waals surface area (Å²) >= 11 is 1.36. The van der Waals surface area contributed by atoms with Crippen molar-refractivity contribution in [2.75, 3.05) is 12.4 Å². The van der Waals surface area contributed by atoms with Gasteiger partial charge in [-0.1, -0.05) is 0 Å². The number of ether oxygens (including phenoxy) is 1. The Balaban J connectivity index is 2.35. The minimum Gasteiger partial charge on any atom is -0.465 e. The molecule has 0 fully saturated rings. The molecule has 0 saturated carbocycles. The average Bonchev–Trinajstić information content (AvgIpc) is 3.05. The molecular weight excluding hydrogens is 302 g/mol. The van der Waals surface area contributed by atoms with E-state index in [0.29, 0.717) is 16.3 Å². The summed E-state index contributed by atoms with van der Waals surface area (Å²) in [5.41, 5.74) is 1.69. The summed E-state index contributed by atoms with van der Waals surface area (Å²) in [6, 6.07) is 1.73. The third-order valence-corrected chi connectivity index (χ3v) is 4.52. The molecule has 22 heavy (non-hydrogen) atoms. The second-order valence-electron chi connectivity index (χ2n) is 5.19. The molecule has 0 atom stereocenters. The molecule has 1 amide bonds. The van der Waals surface area contributed by atoms with Crippen molar-refractivity contribution in [1.29, 1.82) is 0 Å². The fraction of sp³-hybridized carbons (Fsp3) is 0.400. The van der Waals surface area contributed by atoms with Gasteiger partial charge in [0, 0.05) is 17.1 Å². The van der Waals surface area contributed by atoms with E-state index >= 15 is 0 Å². The van der Waals surface area contributed by atoms with Gasteiger partial charge in [0.05, 0.1) is 12.7 Å². The van der Waals surface area contributed by atoms with Crippen molar-refractivity contribution in [2.45, 2.75) is 33.7 Å². The van der Waals surface area contributed by atoms with Crippen LogP contribution in [0.15, 0.2) is 12.3 Å². The molecule has 6 nitrogen and oxygen atoms in total. The number of nitrogens with one attached hydrogen (secondary N) is 1. The van der Waals surface area contributed by atoms with Crippen molar-refractivity contribution in [3.63, 3.8) is 0 Å². The standard InChI is InChI=1S/C15H19N3O3S/c1-8(2)18-11(6-7-16-18)13(19)17-14-12(15(20)21-5)9(3)10(4)22-14/h6-8H,1-5H3,(H,17,19). The molecule has 0 radical (unpaired) electrons. The van der Waals surface area contributed by atoms with E-state index in [-0.39, 0.29) is 11.9 Å². The van der Waals surface area contributed by atoms with Crippen molar-refractivity contribution in [3.8, 4) is 0 Å². The number of carbonyl (C=O) groups is 2. The van der Waals surface area contributed by atoms with Gasteiger partial charge in [-0.2, -0.15) is 5.10 Å². The number of aryl methyl sites for hydroxylation is 1. The SMILES string of the molecule is COC(=O)c1c(NC(=O)c2ccnn2C(C)C)sc(C)c1C. The summed E-state index contributed by atoms with van der Waals surface area (Å²) in [5.74, 6) is -0.743. The highest BCUT2D eigenvalue weighted by molar-refractivity contribution is 7.16. The number of nitrogens with zero attached hydrogens (tertiary/aromatic N) is 2. The normalized spacial score (nSPS) is 10.8. The quantitative estimate of drug-likeness (QED) is 0.878.